The number of nitriles is 1. The van der Waals surface area contributed by atoms with Crippen LogP contribution in [0.15, 0.2) is 24.7 Å². The molecule has 12 heteroatoms. The highest BCUT2D eigenvalue weighted by atomic mass is 19.4. The number of rotatable bonds is 3. The molecule has 5 heterocycles. The van der Waals surface area contributed by atoms with Crippen molar-refractivity contribution >= 4 is 11.2 Å². The van der Waals surface area contributed by atoms with Crippen LogP contribution in [0.2, 0.25) is 0 Å². The Morgan fingerprint density at radius 2 is 1.94 bits per heavy atom. The van der Waals surface area contributed by atoms with E-state index in [-0.39, 0.29) is 48.3 Å². The van der Waals surface area contributed by atoms with E-state index in [2.05, 4.69) is 20.1 Å². The zero-order valence-corrected chi connectivity index (χ0v) is 18.4. The lowest BCUT2D eigenvalue weighted by molar-refractivity contribution is -0.186. The van der Waals surface area contributed by atoms with Crippen molar-refractivity contribution in [1.29, 1.82) is 5.26 Å². The number of hydrogen-bond acceptors (Lipinski definition) is 6. The van der Waals surface area contributed by atoms with Crippen molar-refractivity contribution < 1.29 is 17.6 Å². The molecule has 0 amide bonds. The van der Waals surface area contributed by atoms with Gasteiger partial charge in [-0.1, -0.05) is 0 Å². The summed E-state index contributed by atoms with van der Waals surface area (Å²) in [5.41, 5.74) is -2.91. The maximum absolute atomic E-state index is 14.6. The number of pyridine rings is 1. The summed E-state index contributed by atoms with van der Waals surface area (Å²) >= 11 is 0. The Morgan fingerprint density at radius 3 is 2.65 bits per heavy atom. The first-order valence-corrected chi connectivity index (χ1v) is 11.2. The Hall–Kier alpha value is -3.20. The minimum absolute atomic E-state index is 0.00219. The van der Waals surface area contributed by atoms with Crippen LogP contribution in [0.1, 0.15) is 36.8 Å². The minimum atomic E-state index is -4.47. The number of halogens is 4. The first-order valence-electron chi connectivity index (χ1n) is 11.2. The van der Waals surface area contributed by atoms with Crippen LogP contribution in [0.4, 0.5) is 23.2 Å². The molecule has 0 bridgehead atoms. The molecule has 3 aromatic heterocycles. The van der Waals surface area contributed by atoms with Crippen molar-refractivity contribution in [3.63, 3.8) is 0 Å². The molecule has 0 radical (unpaired) electrons. The molecule has 6 rings (SSSR count). The van der Waals surface area contributed by atoms with E-state index in [1.54, 1.807) is 11.0 Å². The first-order chi connectivity index (χ1) is 16.2. The Labute approximate surface area is 192 Å². The summed E-state index contributed by atoms with van der Waals surface area (Å²) in [6.45, 7) is 1.48. The van der Waals surface area contributed by atoms with Gasteiger partial charge in [0.1, 0.15) is 23.6 Å². The molecule has 8 nitrogen and oxygen atoms in total. The summed E-state index contributed by atoms with van der Waals surface area (Å²) in [5.74, 6) is -0.489. The van der Waals surface area contributed by atoms with Gasteiger partial charge >= 0.3 is 6.18 Å². The molecule has 1 aliphatic carbocycles. The predicted molar refractivity (Wildman–Crippen MR) is 113 cm³/mol. The Kier molecular flexibility index (Phi) is 4.34. The van der Waals surface area contributed by atoms with E-state index in [0.29, 0.717) is 0 Å². The SMILES string of the molecule is CN1CCC(n2cnc([C@]34CN(c5ccc(C#N)n6ncc(F)c56)C[C@@]3(C(F)(F)F)C4)n2)CC1. The largest absolute Gasteiger partial charge is 0.397 e. The fraction of sp³-hybridized carbons (Fsp3) is 0.545. The maximum atomic E-state index is 14.6. The van der Waals surface area contributed by atoms with Crippen molar-refractivity contribution in [2.24, 2.45) is 5.41 Å². The fourth-order valence-corrected chi connectivity index (χ4v) is 5.91. The van der Waals surface area contributed by atoms with Crippen LogP contribution in [0, 0.1) is 22.6 Å². The highest BCUT2D eigenvalue weighted by Crippen LogP contribution is 2.74. The highest BCUT2D eigenvalue weighted by molar-refractivity contribution is 5.76. The normalized spacial score (nSPS) is 27.8. The van der Waals surface area contributed by atoms with Gasteiger partial charge in [0.15, 0.2) is 11.6 Å². The van der Waals surface area contributed by atoms with Crippen LogP contribution in [-0.2, 0) is 5.41 Å². The molecule has 3 aliphatic rings. The predicted octanol–water partition coefficient (Wildman–Crippen LogP) is 2.91. The van der Waals surface area contributed by atoms with Crippen molar-refractivity contribution in [3.8, 4) is 6.07 Å². The number of hydrogen-bond donors (Lipinski definition) is 0. The topological polar surface area (TPSA) is 78.3 Å². The van der Waals surface area contributed by atoms with E-state index in [0.717, 1.165) is 36.6 Å². The average molecular weight is 474 g/mol. The number of nitrogens with zero attached hydrogens (tertiary/aromatic N) is 8. The number of aromatic nitrogens is 5. The smallest absolute Gasteiger partial charge is 0.368 e. The Balaban J connectivity index is 1.38. The molecule has 0 spiro atoms. The van der Waals surface area contributed by atoms with Gasteiger partial charge in [-0.05, 0) is 51.5 Å². The molecule has 3 aromatic rings. The van der Waals surface area contributed by atoms with Gasteiger partial charge in [0.05, 0.1) is 28.8 Å². The lowest BCUT2D eigenvalue weighted by atomic mass is 9.95. The Morgan fingerprint density at radius 1 is 1.18 bits per heavy atom. The van der Waals surface area contributed by atoms with Gasteiger partial charge in [-0.15, -0.1) is 0 Å². The third-order valence-corrected chi connectivity index (χ3v) is 7.91. The molecule has 1 saturated carbocycles. The van der Waals surface area contributed by atoms with Gasteiger partial charge in [0.2, 0.25) is 0 Å². The zero-order valence-electron chi connectivity index (χ0n) is 18.4. The summed E-state index contributed by atoms with van der Waals surface area (Å²) in [6, 6.07) is 4.98. The second kappa shape index (κ2) is 6.91. The summed E-state index contributed by atoms with van der Waals surface area (Å²) in [5, 5.41) is 17.8. The van der Waals surface area contributed by atoms with E-state index < -0.39 is 22.8 Å². The lowest BCUT2D eigenvalue weighted by Gasteiger charge is -2.28. The van der Waals surface area contributed by atoms with Crippen molar-refractivity contribution in [3.05, 3.63) is 42.0 Å². The van der Waals surface area contributed by atoms with Gasteiger partial charge in [-0.3, -0.25) is 0 Å². The highest BCUT2D eigenvalue weighted by Gasteiger charge is 2.85. The van der Waals surface area contributed by atoms with E-state index in [4.69, 9.17) is 0 Å². The molecule has 0 N–H and O–H groups in total. The number of anilines is 1. The molecule has 2 saturated heterocycles. The van der Waals surface area contributed by atoms with Crippen LogP contribution in [0.5, 0.6) is 0 Å². The van der Waals surface area contributed by atoms with Crippen molar-refractivity contribution in [2.75, 3.05) is 38.1 Å². The first kappa shape index (κ1) is 21.3. The second-order valence-corrected chi connectivity index (χ2v) is 9.75. The number of alkyl halides is 3. The summed E-state index contributed by atoms with van der Waals surface area (Å²) in [6.07, 6.45) is -0.303. The van der Waals surface area contributed by atoms with Crippen molar-refractivity contribution in [1.82, 2.24) is 29.3 Å². The third-order valence-electron chi connectivity index (χ3n) is 7.91. The van der Waals surface area contributed by atoms with Gasteiger partial charge in [-0.2, -0.15) is 28.6 Å². The number of likely N-dealkylation sites (tertiary alicyclic amines) is 1. The lowest BCUT2D eigenvalue weighted by Crippen LogP contribution is -2.34. The minimum Gasteiger partial charge on any atom is -0.368 e. The van der Waals surface area contributed by atoms with Gasteiger partial charge < -0.3 is 9.80 Å². The van der Waals surface area contributed by atoms with Gasteiger partial charge in [0, 0.05) is 13.1 Å². The van der Waals surface area contributed by atoms with Crippen LogP contribution in [0.3, 0.4) is 0 Å². The molecular formula is C22H22F4N8. The number of fused-ring (bicyclic) bond motifs is 2. The molecule has 178 valence electrons. The van der Waals surface area contributed by atoms with E-state index >= 15 is 0 Å². The molecular weight excluding hydrogens is 452 g/mol. The quantitative estimate of drug-likeness (QED) is 0.544. The summed E-state index contributed by atoms with van der Waals surface area (Å²) in [7, 11) is 2.04. The zero-order chi connectivity index (χ0) is 23.9. The maximum Gasteiger partial charge on any atom is 0.397 e. The van der Waals surface area contributed by atoms with Crippen LogP contribution in [-0.4, -0.2) is 68.7 Å². The van der Waals surface area contributed by atoms with Crippen LogP contribution in [0.25, 0.3) is 5.52 Å². The average Bonchev–Trinajstić information content (AvgIpc) is 3.20. The standard InChI is InChI=1S/C22H22F4N8/c1-31-6-4-14(5-7-31)33-13-28-19(30-33)20-10-21(20,22(24,25)26)12-32(11-20)17-3-2-15(8-27)34-18(17)16(23)9-29-34/h2-3,9,13-14H,4-7,10-12H2,1H3/t20-,21-/m0/s1. The molecule has 0 unspecified atom stereocenters. The third kappa shape index (κ3) is 2.76. The molecule has 0 aromatic carbocycles. The summed E-state index contributed by atoms with van der Waals surface area (Å²) in [4.78, 5) is 8.12. The molecule has 2 atom stereocenters. The van der Waals surface area contributed by atoms with E-state index in [9.17, 15) is 22.8 Å². The summed E-state index contributed by atoms with van der Waals surface area (Å²) < 4.78 is 60.7. The molecule has 3 fully saturated rings. The Bertz CT molecular complexity index is 1310. The molecule has 2 aliphatic heterocycles. The van der Waals surface area contributed by atoms with Crippen molar-refractivity contribution in [2.45, 2.75) is 36.9 Å². The fourth-order valence-electron chi connectivity index (χ4n) is 5.91. The van der Waals surface area contributed by atoms with Gasteiger partial charge in [-0.25, -0.2) is 18.6 Å². The van der Waals surface area contributed by atoms with Crippen LogP contribution < -0.4 is 4.90 Å². The monoisotopic (exact) mass is 474 g/mol. The van der Waals surface area contributed by atoms with Gasteiger partial charge in [0.25, 0.3) is 0 Å². The van der Waals surface area contributed by atoms with E-state index in [1.165, 1.54) is 17.0 Å². The van der Waals surface area contributed by atoms with E-state index in [1.807, 2.05) is 13.1 Å². The number of piperidine rings is 2. The van der Waals surface area contributed by atoms with Crippen LogP contribution >= 0.6 is 0 Å². The molecule has 34 heavy (non-hydrogen) atoms. The second-order valence-electron chi connectivity index (χ2n) is 9.75.